The van der Waals surface area contributed by atoms with E-state index in [0.29, 0.717) is 16.3 Å². The van der Waals surface area contributed by atoms with Crippen LogP contribution in [0.4, 0.5) is 0 Å². The molecular formula is C13H17ClN2O. The number of nitrogens with one attached hydrogen (secondary N) is 1. The normalized spacial score (nSPS) is 16.8. The van der Waals surface area contributed by atoms with Crippen molar-refractivity contribution >= 4 is 17.4 Å². The second-order valence-corrected chi connectivity index (χ2v) is 4.87. The first-order valence-electron chi connectivity index (χ1n) is 5.97. The Kier molecular flexibility index (Phi) is 3.89. The summed E-state index contributed by atoms with van der Waals surface area (Å²) < 4.78 is 5.92. The summed E-state index contributed by atoms with van der Waals surface area (Å²) in [6.07, 6.45) is 6.09. The van der Waals surface area contributed by atoms with Crippen LogP contribution in [0.1, 0.15) is 37.7 Å². The first kappa shape index (κ1) is 12.2. The maximum absolute atomic E-state index is 7.52. The molecule has 0 radical (unpaired) electrons. The molecule has 0 heterocycles. The van der Waals surface area contributed by atoms with Crippen LogP contribution in [0.5, 0.6) is 5.75 Å². The van der Waals surface area contributed by atoms with Gasteiger partial charge in [-0.2, -0.15) is 0 Å². The van der Waals surface area contributed by atoms with Crippen LogP contribution >= 0.6 is 11.6 Å². The fourth-order valence-corrected chi connectivity index (χ4v) is 2.34. The molecule has 0 amide bonds. The lowest BCUT2D eigenvalue weighted by molar-refractivity contribution is 0.154. The van der Waals surface area contributed by atoms with Gasteiger partial charge in [-0.1, -0.05) is 18.0 Å². The Morgan fingerprint density at radius 2 is 2.00 bits per heavy atom. The van der Waals surface area contributed by atoms with Gasteiger partial charge in [0.25, 0.3) is 0 Å². The van der Waals surface area contributed by atoms with E-state index >= 15 is 0 Å². The number of ether oxygens (including phenoxy) is 1. The van der Waals surface area contributed by atoms with Crippen LogP contribution in [0.15, 0.2) is 18.2 Å². The fourth-order valence-electron chi connectivity index (χ4n) is 2.18. The Labute approximate surface area is 106 Å². The van der Waals surface area contributed by atoms with Gasteiger partial charge in [-0.05, 0) is 43.9 Å². The fraction of sp³-hybridized carbons (Fsp3) is 0.462. The molecule has 1 aromatic rings. The van der Waals surface area contributed by atoms with E-state index in [1.165, 1.54) is 19.3 Å². The lowest BCUT2D eigenvalue weighted by Gasteiger charge is -2.24. The van der Waals surface area contributed by atoms with Crippen molar-refractivity contribution in [3.63, 3.8) is 0 Å². The summed E-state index contributed by atoms with van der Waals surface area (Å²) in [6.45, 7) is 0. The van der Waals surface area contributed by atoms with Gasteiger partial charge >= 0.3 is 0 Å². The summed E-state index contributed by atoms with van der Waals surface area (Å²) >= 11 is 5.95. The number of nitrogens with two attached hydrogens (primary N) is 1. The highest BCUT2D eigenvalue weighted by molar-refractivity contribution is 6.30. The molecule has 2 rings (SSSR count). The van der Waals surface area contributed by atoms with E-state index in [1.807, 2.05) is 0 Å². The van der Waals surface area contributed by atoms with Crippen molar-refractivity contribution in [2.24, 2.45) is 5.73 Å². The summed E-state index contributed by atoms with van der Waals surface area (Å²) in [5.41, 5.74) is 6.15. The van der Waals surface area contributed by atoms with E-state index in [0.717, 1.165) is 12.8 Å². The SMILES string of the molecule is N=C(N)c1ccc(Cl)cc1OC1CCCCC1. The minimum absolute atomic E-state index is 0.0208. The zero-order valence-electron chi connectivity index (χ0n) is 9.71. The third kappa shape index (κ3) is 3.13. The van der Waals surface area contributed by atoms with Gasteiger partial charge in [0.2, 0.25) is 0 Å². The van der Waals surface area contributed by atoms with E-state index < -0.39 is 0 Å². The van der Waals surface area contributed by atoms with Gasteiger partial charge in [0, 0.05) is 5.02 Å². The van der Waals surface area contributed by atoms with Crippen molar-refractivity contribution in [1.82, 2.24) is 0 Å². The summed E-state index contributed by atoms with van der Waals surface area (Å²) in [5, 5.41) is 8.13. The molecule has 1 fully saturated rings. The molecule has 1 aromatic carbocycles. The molecule has 0 spiro atoms. The molecule has 0 aliphatic heterocycles. The van der Waals surface area contributed by atoms with Crippen LogP contribution in [0, 0.1) is 5.41 Å². The van der Waals surface area contributed by atoms with Gasteiger partial charge in [0.15, 0.2) is 0 Å². The molecule has 0 atom stereocenters. The monoisotopic (exact) mass is 252 g/mol. The zero-order chi connectivity index (χ0) is 12.3. The number of amidine groups is 1. The third-order valence-electron chi connectivity index (χ3n) is 3.08. The zero-order valence-corrected chi connectivity index (χ0v) is 10.5. The van der Waals surface area contributed by atoms with Crippen molar-refractivity contribution in [2.75, 3.05) is 0 Å². The molecule has 1 saturated carbocycles. The quantitative estimate of drug-likeness (QED) is 0.640. The second kappa shape index (κ2) is 5.41. The number of nitrogen functional groups attached to an aromatic ring is 1. The molecule has 0 saturated heterocycles. The highest BCUT2D eigenvalue weighted by Crippen LogP contribution is 2.28. The van der Waals surface area contributed by atoms with Crippen molar-refractivity contribution < 1.29 is 4.74 Å². The van der Waals surface area contributed by atoms with Gasteiger partial charge in [-0.3, -0.25) is 5.41 Å². The van der Waals surface area contributed by atoms with Gasteiger partial charge in [0.1, 0.15) is 11.6 Å². The largest absolute Gasteiger partial charge is 0.490 e. The van der Waals surface area contributed by atoms with Crippen molar-refractivity contribution in [1.29, 1.82) is 5.41 Å². The number of halogens is 1. The average Bonchev–Trinajstić information content (AvgIpc) is 2.30. The number of hydrogen-bond donors (Lipinski definition) is 2. The van der Waals surface area contributed by atoms with Gasteiger partial charge < -0.3 is 10.5 Å². The van der Waals surface area contributed by atoms with Crippen molar-refractivity contribution in [3.05, 3.63) is 28.8 Å². The molecule has 0 aromatic heterocycles. The minimum atomic E-state index is 0.0208. The highest BCUT2D eigenvalue weighted by atomic mass is 35.5. The highest BCUT2D eigenvalue weighted by Gasteiger charge is 2.17. The summed E-state index contributed by atoms with van der Waals surface area (Å²) in [4.78, 5) is 0. The molecule has 1 aliphatic carbocycles. The van der Waals surface area contributed by atoms with E-state index in [2.05, 4.69) is 0 Å². The Balaban J connectivity index is 2.17. The second-order valence-electron chi connectivity index (χ2n) is 4.43. The number of hydrogen-bond acceptors (Lipinski definition) is 2. The van der Waals surface area contributed by atoms with Crippen LogP contribution in [0.25, 0.3) is 0 Å². The molecule has 0 unspecified atom stereocenters. The summed E-state index contributed by atoms with van der Waals surface area (Å²) in [5.74, 6) is 0.657. The molecule has 4 heteroatoms. The van der Waals surface area contributed by atoms with E-state index in [1.54, 1.807) is 18.2 Å². The first-order valence-corrected chi connectivity index (χ1v) is 6.35. The molecule has 1 aliphatic rings. The van der Waals surface area contributed by atoms with E-state index in [-0.39, 0.29) is 11.9 Å². The van der Waals surface area contributed by atoms with Crippen molar-refractivity contribution in [3.8, 4) is 5.75 Å². The van der Waals surface area contributed by atoms with Crippen molar-refractivity contribution in [2.45, 2.75) is 38.2 Å². The van der Waals surface area contributed by atoms with Crippen LogP contribution in [0.3, 0.4) is 0 Å². The minimum Gasteiger partial charge on any atom is -0.490 e. The van der Waals surface area contributed by atoms with E-state index in [9.17, 15) is 0 Å². The van der Waals surface area contributed by atoms with Crippen LogP contribution in [-0.2, 0) is 0 Å². The molecule has 92 valence electrons. The number of rotatable bonds is 3. The van der Waals surface area contributed by atoms with Crippen LogP contribution in [0.2, 0.25) is 5.02 Å². The predicted molar refractivity (Wildman–Crippen MR) is 70.0 cm³/mol. The maximum Gasteiger partial charge on any atom is 0.132 e. The van der Waals surface area contributed by atoms with Gasteiger partial charge in [-0.15, -0.1) is 0 Å². The molecule has 3 nitrogen and oxygen atoms in total. The van der Waals surface area contributed by atoms with Crippen LogP contribution in [-0.4, -0.2) is 11.9 Å². The Morgan fingerprint density at radius 3 is 2.65 bits per heavy atom. The Morgan fingerprint density at radius 1 is 1.29 bits per heavy atom. The Hall–Kier alpha value is -1.22. The lowest BCUT2D eigenvalue weighted by atomic mass is 9.97. The maximum atomic E-state index is 7.52. The number of benzene rings is 1. The molecular weight excluding hydrogens is 236 g/mol. The molecule has 0 bridgehead atoms. The first-order chi connectivity index (χ1) is 8.16. The molecule has 3 N–H and O–H groups in total. The smallest absolute Gasteiger partial charge is 0.132 e. The standard InChI is InChI=1S/C13H17ClN2O/c14-9-6-7-11(13(15)16)12(8-9)17-10-4-2-1-3-5-10/h6-8,10H,1-5H2,(H3,15,16). The predicted octanol–water partition coefficient (Wildman–Crippen LogP) is 3.34. The Bertz CT molecular complexity index is 414. The summed E-state index contributed by atoms with van der Waals surface area (Å²) in [7, 11) is 0. The topological polar surface area (TPSA) is 59.1 Å². The van der Waals surface area contributed by atoms with E-state index in [4.69, 9.17) is 27.5 Å². The van der Waals surface area contributed by atoms with Crippen LogP contribution < -0.4 is 10.5 Å². The third-order valence-corrected chi connectivity index (χ3v) is 3.31. The lowest BCUT2D eigenvalue weighted by Crippen LogP contribution is -2.22. The van der Waals surface area contributed by atoms with Gasteiger partial charge in [0.05, 0.1) is 11.7 Å². The average molecular weight is 253 g/mol. The summed E-state index contributed by atoms with van der Waals surface area (Å²) in [6, 6.07) is 5.21. The molecule has 17 heavy (non-hydrogen) atoms. The van der Waals surface area contributed by atoms with Gasteiger partial charge in [-0.25, -0.2) is 0 Å².